The third-order valence-corrected chi connectivity index (χ3v) is 4.06. The van der Waals surface area contributed by atoms with Crippen molar-refractivity contribution >= 4 is 11.9 Å². The van der Waals surface area contributed by atoms with Crippen molar-refractivity contribution < 1.29 is 27.4 Å². The molecule has 7 nitrogen and oxygen atoms in total. The van der Waals surface area contributed by atoms with Crippen LogP contribution < -0.4 is 25.4 Å². The van der Waals surface area contributed by atoms with Gasteiger partial charge in [-0.3, -0.25) is 4.79 Å². The molecular weight excluding hydrogens is 413 g/mol. The minimum Gasteiger partial charge on any atom is -0.497 e. The highest BCUT2D eigenvalue weighted by Crippen LogP contribution is 2.26. The largest absolute Gasteiger partial charge is 0.497 e. The molecule has 168 valence electrons. The Morgan fingerprint density at radius 3 is 2.52 bits per heavy atom. The molecule has 1 amide bonds. The van der Waals surface area contributed by atoms with Gasteiger partial charge in [0.05, 0.1) is 19.2 Å². The number of nitrogens with zero attached hydrogens (tertiary/aromatic N) is 1. The number of halogens is 3. The van der Waals surface area contributed by atoms with Crippen LogP contribution in [0.5, 0.6) is 11.5 Å². The number of guanidine groups is 1. The Morgan fingerprint density at radius 1 is 1.10 bits per heavy atom. The van der Waals surface area contributed by atoms with Crippen LogP contribution in [0, 0.1) is 5.82 Å². The van der Waals surface area contributed by atoms with E-state index in [1.807, 2.05) is 6.92 Å². The number of ether oxygens (including phenoxy) is 2. The molecular formula is C21H25F3N4O3. The average Bonchev–Trinajstić information content (AvgIpc) is 2.75. The SMILES string of the molecule is CCNC(=NCc1cc(OC)ccc1OC(F)F)NCCNC(=O)c1ccccc1F. The van der Waals surface area contributed by atoms with E-state index in [0.717, 1.165) is 0 Å². The predicted octanol–water partition coefficient (Wildman–Crippen LogP) is 2.92. The van der Waals surface area contributed by atoms with Crippen LogP contribution in [0.4, 0.5) is 13.2 Å². The Hall–Kier alpha value is -3.43. The van der Waals surface area contributed by atoms with Gasteiger partial charge in [-0.1, -0.05) is 12.1 Å². The number of hydrogen-bond donors (Lipinski definition) is 3. The van der Waals surface area contributed by atoms with Crippen molar-refractivity contribution in [1.29, 1.82) is 0 Å². The minimum absolute atomic E-state index is 0.00699. The highest BCUT2D eigenvalue weighted by Gasteiger charge is 2.12. The van der Waals surface area contributed by atoms with Crippen LogP contribution in [-0.2, 0) is 6.54 Å². The molecule has 2 aromatic carbocycles. The maximum atomic E-state index is 13.6. The zero-order chi connectivity index (χ0) is 22.6. The van der Waals surface area contributed by atoms with Gasteiger partial charge in [0, 0.05) is 25.2 Å². The first-order valence-corrected chi connectivity index (χ1v) is 9.61. The highest BCUT2D eigenvalue weighted by molar-refractivity contribution is 5.94. The lowest BCUT2D eigenvalue weighted by Gasteiger charge is -2.14. The molecule has 10 heteroatoms. The molecule has 0 heterocycles. The first-order valence-electron chi connectivity index (χ1n) is 9.61. The Bertz CT molecular complexity index is 894. The van der Waals surface area contributed by atoms with E-state index in [1.54, 1.807) is 12.1 Å². The van der Waals surface area contributed by atoms with Crippen LogP contribution in [0.2, 0.25) is 0 Å². The van der Waals surface area contributed by atoms with Gasteiger partial charge < -0.3 is 25.4 Å². The fraction of sp³-hybridized carbons (Fsp3) is 0.333. The third-order valence-electron chi connectivity index (χ3n) is 4.06. The van der Waals surface area contributed by atoms with Crippen LogP contribution in [0.25, 0.3) is 0 Å². The molecule has 0 saturated carbocycles. The van der Waals surface area contributed by atoms with Gasteiger partial charge >= 0.3 is 6.61 Å². The molecule has 0 saturated heterocycles. The van der Waals surface area contributed by atoms with Crippen molar-refractivity contribution in [3.8, 4) is 11.5 Å². The molecule has 0 spiro atoms. The van der Waals surface area contributed by atoms with Gasteiger partial charge in [0.2, 0.25) is 0 Å². The molecule has 0 bridgehead atoms. The van der Waals surface area contributed by atoms with E-state index in [2.05, 4.69) is 25.7 Å². The van der Waals surface area contributed by atoms with Crippen molar-refractivity contribution in [3.05, 3.63) is 59.4 Å². The number of nitrogens with one attached hydrogen (secondary N) is 3. The van der Waals surface area contributed by atoms with E-state index in [9.17, 15) is 18.0 Å². The number of alkyl halides is 2. The standard InChI is InChI=1S/C21H25F3N4O3/c1-3-25-21(27-11-10-26-19(29)16-6-4-5-7-17(16)22)28-13-14-12-15(30-2)8-9-18(14)31-20(23)24/h4-9,12,20H,3,10-11,13H2,1-2H3,(H,26,29)(H2,25,27,28). The number of carbonyl (C=O) groups is 1. The average molecular weight is 438 g/mol. The zero-order valence-corrected chi connectivity index (χ0v) is 17.3. The fourth-order valence-electron chi connectivity index (χ4n) is 2.62. The first kappa shape index (κ1) is 23.8. The van der Waals surface area contributed by atoms with Crippen molar-refractivity contribution in [2.45, 2.75) is 20.1 Å². The summed E-state index contributed by atoms with van der Waals surface area (Å²) >= 11 is 0. The van der Waals surface area contributed by atoms with Gasteiger partial charge in [0.15, 0.2) is 5.96 Å². The van der Waals surface area contributed by atoms with Crippen LogP contribution >= 0.6 is 0 Å². The summed E-state index contributed by atoms with van der Waals surface area (Å²) in [5.74, 6) is -0.211. The second-order valence-corrected chi connectivity index (χ2v) is 6.21. The zero-order valence-electron chi connectivity index (χ0n) is 17.3. The fourth-order valence-corrected chi connectivity index (χ4v) is 2.62. The molecule has 0 aromatic heterocycles. The van der Waals surface area contributed by atoms with E-state index in [4.69, 9.17) is 4.74 Å². The minimum atomic E-state index is -2.96. The van der Waals surface area contributed by atoms with Crippen LogP contribution in [0.3, 0.4) is 0 Å². The van der Waals surface area contributed by atoms with Gasteiger partial charge in [-0.25, -0.2) is 9.38 Å². The third kappa shape index (κ3) is 7.72. The summed E-state index contributed by atoms with van der Waals surface area (Å²) in [6.45, 7) is 0.0532. The van der Waals surface area contributed by atoms with E-state index in [1.165, 1.54) is 37.4 Å². The number of carbonyl (C=O) groups excluding carboxylic acids is 1. The smallest absolute Gasteiger partial charge is 0.387 e. The predicted molar refractivity (Wildman–Crippen MR) is 111 cm³/mol. The molecule has 0 aliphatic rings. The Balaban J connectivity index is 1.96. The summed E-state index contributed by atoms with van der Waals surface area (Å²) in [7, 11) is 1.47. The normalized spacial score (nSPS) is 11.2. The summed E-state index contributed by atoms with van der Waals surface area (Å²) < 4.78 is 48.6. The molecule has 2 rings (SSSR count). The lowest BCUT2D eigenvalue weighted by Crippen LogP contribution is -2.41. The summed E-state index contributed by atoms with van der Waals surface area (Å²) in [6, 6.07) is 10.2. The van der Waals surface area contributed by atoms with Crippen LogP contribution in [-0.4, -0.2) is 45.2 Å². The Kier molecular flexibility index (Phi) is 9.47. The summed E-state index contributed by atoms with van der Waals surface area (Å²) in [4.78, 5) is 16.4. The van der Waals surface area contributed by atoms with Crippen molar-refractivity contribution in [2.24, 2.45) is 4.99 Å². The molecule has 0 radical (unpaired) electrons. The molecule has 0 aliphatic carbocycles. The second-order valence-electron chi connectivity index (χ2n) is 6.21. The number of rotatable bonds is 10. The Labute approximate surface area is 178 Å². The van der Waals surface area contributed by atoms with Gasteiger partial charge in [-0.2, -0.15) is 8.78 Å². The Morgan fingerprint density at radius 2 is 1.84 bits per heavy atom. The van der Waals surface area contributed by atoms with Crippen molar-refractivity contribution in [1.82, 2.24) is 16.0 Å². The lowest BCUT2D eigenvalue weighted by molar-refractivity contribution is -0.0504. The summed E-state index contributed by atoms with van der Waals surface area (Å²) in [5, 5.41) is 8.64. The van der Waals surface area contributed by atoms with E-state index < -0.39 is 18.3 Å². The van der Waals surface area contributed by atoms with E-state index >= 15 is 0 Å². The molecule has 0 unspecified atom stereocenters. The van der Waals surface area contributed by atoms with E-state index in [-0.39, 0.29) is 24.4 Å². The maximum Gasteiger partial charge on any atom is 0.387 e. The monoisotopic (exact) mass is 438 g/mol. The number of benzene rings is 2. The summed E-state index contributed by atoms with van der Waals surface area (Å²) in [6.07, 6.45) is 0. The van der Waals surface area contributed by atoms with Gasteiger partial charge in [-0.15, -0.1) is 0 Å². The van der Waals surface area contributed by atoms with Crippen LogP contribution in [0.15, 0.2) is 47.5 Å². The molecule has 0 atom stereocenters. The molecule has 0 aliphatic heterocycles. The quantitative estimate of drug-likeness (QED) is 0.302. The molecule has 2 aromatic rings. The van der Waals surface area contributed by atoms with Crippen molar-refractivity contribution in [2.75, 3.05) is 26.7 Å². The van der Waals surface area contributed by atoms with Gasteiger partial charge in [-0.05, 0) is 37.3 Å². The number of amides is 1. The molecule has 0 fully saturated rings. The topological polar surface area (TPSA) is 84.0 Å². The molecule has 31 heavy (non-hydrogen) atoms. The second kappa shape index (κ2) is 12.3. The highest BCUT2D eigenvalue weighted by atomic mass is 19.3. The number of methoxy groups -OCH3 is 1. The number of hydrogen-bond acceptors (Lipinski definition) is 4. The summed E-state index contributed by atoms with van der Waals surface area (Å²) in [5.41, 5.74) is 0.386. The molecule has 3 N–H and O–H groups in total. The lowest BCUT2D eigenvalue weighted by atomic mass is 10.2. The first-order chi connectivity index (χ1) is 14.9. The maximum absolute atomic E-state index is 13.6. The van der Waals surface area contributed by atoms with E-state index in [0.29, 0.717) is 30.4 Å². The van der Waals surface area contributed by atoms with Gasteiger partial charge in [0.1, 0.15) is 17.3 Å². The van der Waals surface area contributed by atoms with Crippen LogP contribution in [0.1, 0.15) is 22.8 Å². The number of aliphatic imine (C=N–C) groups is 1. The van der Waals surface area contributed by atoms with Gasteiger partial charge in [0.25, 0.3) is 5.91 Å². The van der Waals surface area contributed by atoms with Crippen molar-refractivity contribution in [3.63, 3.8) is 0 Å².